The Kier molecular flexibility index (Phi) is 9.21. The lowest BCUT2D eigenvalue weighted by Gasteiger charge is -2.24. The van der Waals surface area contributed by atoms with Gasteiger partial charge in [-0.15, -0.1) is 0 Å². The quantitative estimate of drug-likeness (QED) is 0.251. The summed E-state index contributed by atoms with van der Waals surface area (Å²) in [5, 5.41) is 2.63. The molecule has 0 aliphatic heterocycles. The van der Waals surface area contributed by atoms with E-state index in [-0.39, 0.29) is 32.9 Å². The topological polar surface area (TPSA) is 157 Å². The van der Waals surface area contributed by atoms with Crippen molar-refractivity contribution in [2.75, 3.05) is 35.1 Å². The van der Waals surface area contributed by atoms with Crippen LogP contribution < -0.4 is 23.8 Å². The number of aromatic nitrogens is 2. The second-order valence-corrected chi connectivity index (χ2v) is 13.1. The fraction of sp³-hybridized carbons (Fsp3) is 0.207. The molecule has 1 amide bonds. The fourth-order valence-corrected chi connectivity index (χ4v) is 6.51. The minimum atomic E-state index is -4.24. The van der Waals surface area contributed by atoms with E-state index in [0.717, 1.165) is 9.87 Å². The van der Waals surface area contributed by atoms with Gasteiger partial charge in [-0.1, -0.05) is 17.7 Å². The van der Waals surface area contributed by atoms with Gasteiger partial charge >= 0.3 is 0 Å². The zero-order valence-electron chi connectivity index (χ0n) is 24.2. The van der Waals surface area contributed by atoms with E-state index in [1.165, 1.54) is 56.7 Å². The Morgan fingerprint density at radius 2 is 1.35 bits per heavy atom. The van der Waals surface area contributed by atoms with E-state index >= 15 is 0 Å². The van der Waals surface area contributed by atoms with E-state index < -0.39 is 32.5 Å². The molecule has 0 fully saturated rings. The van der Waals surface area contributed by atoms with Crippen LogP contribution in [-0.4, -0.2) is 53.5 Å². The highest BCUT2D eigenvalue weighted by Crippen LogP contribution is 2.32. The molecule has 4 rings (SSSR count). The molecule has 14 heteroatoms. The van der Waals surface area contributed by atoms with Crippen LogP contribution in [0.5, 0.6) is 11.5 Å². The first-order valence-corrected chi connectivity index (χ1v) is 15.8. The molecule has 43 heavy (non-hydrogen) atoms. The molecule has 4 aromatic rings. The number of anilines is 3. The van der Waals surface area contributed by atoms with Gasteiger partial charge in [0.15, 0.2) is 11.5 Å². The summed E-state index contributed by atoms with van der Waals surface area (Å²) < 4.78 is 67.1. The predicted octanol–water partition coefficient (Wildman–Crippen LogP) is 4.05. The van der Waals surface area contributed by atoms with Crippen LogP contribution in [0, 0.1) is 20.8 Å². The van der Waals surface area contributed by atoms with Crippen molar-refractivity contribution < 1.29 is 31.1 Å². The maximum Gasteiger partial charge on any atom is 0.264 e. The van der Waals surface area contributed by atoms with Gasteiger partial charge in [-0.05, 0) is 75.4 Å². The summed E-state index contributed by atoms with van der Waals surface area (Å²) in [5.41, 5.74) is 2.66. The SMILES string of the molecule is COc1ccc(S(=O)(=O)N(CC(=O)Nc2ccc(S(=O)(=O)Nc3nc(C)cc(C)n3)cc2)c2ccc(C)cc2)cc1OC. The molecule has 0 saturated heterocycles. The summed E-state index contributed by atoms with van der Waals surface area (Å²) in [7, 11) is -5.41. The van der Waals surface area contributed by atoms with Crippen molar-refractivity contribution in [3.05, 3.63) is 89.7 Å². The van der Waals surface area contributed by atoms with Crippen LogP contribution in [0.3, 0.4) is 0 Å². The summed E-state index contributed by atoms with van der Waals surface area (Å²) in [5.74, 6) is -0.141. The zero-order chi connectivity index (χ0) is 31.4. The highest BCUT2D eigenvalue weighted by Gasteiger charge is 2.28. The number of hydrogen-bond donors (Lipinski definition) is 2. The highest BCUT2D eigenvalue weighted by molar-refractivity contribution is 7.93. The van der Waals surface area contributed by atoms with Crippen LogP contribution in [-0.2, 0) is 24.8 Å². The second-order valence-electron chi connectivity index (χ2n) is 9.52. The monoisotopic (exact) mass is 625 g/mol. The van der Waals surface area contributed by atoms with Crippen molar-refractivity contribution in [3.63, 3.8) is 0 Å². The fourth-order valence-electron chi connectivity index (χ4n) is 4.13. The Bertz CT molecular complexity index is 1830. The van der Waals surface area contributed by atoms with E-state index in [4.69, 9.17) is 9.47 Å². The van der Waals surface area contributed by atoms with Crippen molar-refractivity contribution in [1.29, 1.82) is 0 Å². The van der Waals surface area contributed by atoms with Gasteiger partial charge in [-0.2, -0.15) is 0 Å². The number of nitrogens with one attached hydrogen (secondary N) is 2. The highest BCUT2D eigenvalue weighted by atomic mass is 32.2. The van der Waals surface area contributed by atoms with Crippen molar-refractivity contribution in [1.82, 2.24) is 9.97 Å². The standard InChI is InChI=1S/C29H31N5O7S2/c1-19-6-10-23(11-7-19)34(43(38,39)25-14-15-26(40-4)27(17-25)41-5)18-28(35)32-22-8-12-24(13-9-22)42(36,37)33-29-30-20(2)16-21(3)31-29/h6-17H,18H2,1-5H3,(H,32,35)(H,30,31,33). The molecule has 12 nitrogen and oxygen atoms in total. The molecule has 2 N–H and O–H groups in total. The van der Waals surface area contributed by atoms with Crippen molar-refractivity contribution >= 4 is 43.3 Å². The predicted molar refractivity (Wildman–Crippen MR) is 163 cm³/mol. The molecule has 0 unspecified atom stereocenters. The average Bonchev–Trinajstić information content (AvgIpc) is 2.95. The molecular weight excluding hydrogens is 594 g/mol. The first-order valence-electron chi connectivity index (χ1n) is 12.9. The Labute approximate surface area is 250 Å². The molecule has 1 aromatic heterocycles. The van der Waals surface area contributed by atoms with E-state index in [2.05, 4.69) is 20.0 Å². The summed E-state index contributed by atoms with van der Waals surface area (Å²) in [6.07, 6.45) is 0. The summed E-state index contributed by atoms with van der Waals surface area (Å²) in [6.45, 7) is 4.75. The number of nitrogens with zero attached hydrogens (tertiary/aromatic N) is 3. The number of sulfonamides is 2. The number of ether oxygens (including phenoxy) is 2. The second kappa shape index (κ2) is 12.7. The number of benzene rings is 3. The molecule has 0 saturated carbocycles. The lowest BCUT2D eigenvalue weighted by molar-refractivity contribution is -0.114. The summed E-state index contributed by atoms with van der Waals surface area (Å²) in [6, 6.07) is 18.0. The van der Waals surface area contributed by atoms with Crippen LogP contribution in [0.15, 0.2) is 82.6 Å². The largest absolute Gasteiger partial charge is 0.493 e. The maximum atomic E-state index is 13.8. The first-order chi connectivity index (χ1) is 20.3. The third-order valence-corrected chi connectivity index (χ3v) is 9.32. The number of aryl methyl sites for hydroxylation is 3. The number of methoxy groups -OCH3 is 2. The molecule has 0 radical (unpaired) electrons. The van der Waals surface area contributed by atoms with Crippen molar-refractivity contribution in [3.8, 4) is 11.5 Å². The smallest absolute Gasteiger partial charge is 0.264 e. The van der Waals surface area contributed by atoms with Gasteiger partial charge in [0.1, 0.15) is 6.54 Å². The number of carbonyl (C=O) groups is 1. The van der Waals surface area contributed by atoms with E-state index in [0.29, 0.717) is 17.1 Å². The molecule has 0 aliphatic carbocycles. The van der Waals surface area contributed by atoms with Crippen LogP contribution in [0.4, 0.5) is 17.3 Å². The lowest BCUT2D eigenvalue weighted by atomic mass is 10.2. The Balaban J connectivity index is 1.56. The van der Waals surface area contributed by atoms with E-state index in [1.807, 2.05) is 6.92 Å². The van der Waals surface area contributed by atoms with Crippen LogP contribution in [0.2, 0.25) is 0 Å². The number of amides is 1. The maximum absolute atomic E-state index is 13.8. The Hall–Kier alpha value is -4.69. The Morgan fingerprint density at radius 3 is 1.93 bits per heavy atom. The van der Waals surface area contributed by atoms with Gasteiger partial charge in [0, 0.05) is 23.1 Å². The van der Waals surface area contributed by atoms with Gasteiger partial charge in [0.2, 0.25) is 11.9 Å². The third-order valence-electron chi connectivity index (χ3n) is 6.21. The molecule has 0 spiro atoms. The number of carbonyl (C=O) groups excluding carboxylic acids is 1. The summed E-state index contributed by atoms with van der Waals surface area (Å²) >= 11 is 0. The lowest BCUT2D eigenvalue weighted by Crippen LogP contribution is -2.38. The molecular formula is C29H31N5O7S2. The van der Waals surface area contributed by atoms with Crippen LogP contribution in [0.1, 0.15) is 17.0 Å². The average molecular weight is 626 g/mol. The molecule has 1 heterocycles. The Morgan fingerprint density at radius 1 is 0.767 bits per heavy atom. The van der Waals surface area contributed by atoms with E-state index in [9.17, 15) is 21.6 Å². The minimum absolute atomic E-state index is 0.0539. The number of rotatable bonds is 11. The summed E-state index contributed by atoms with van der Waals surface area (Å²) in [4.78, 5) is 21.1. The van der Waals surface area contributed by atoms with Crippen molar-refractivity contribution in [2.45, 2.75) is 30.6 Å². The third kappa shape index (κ3) is 7.40. The molecule has 0 bridgehead atoms. The van der Waals surface area contributed by atoms with Gasteiger partial charge in [-0.25, -0.2) is 31.5 Å². The molecule has 3 aromatic carbocycles. The number of hydrogen-bond acceptors (Lipinski definition) is 9. The van der Waals surface area contributed by atoms with Crippen LogP contribution >= 0.6 is 0 Å². The zero-order valence-corrected chi connectivity index (χ0v) is 25.8. The van der Waals surface area contributed by atoms with Crippen LogP contribution in [0.25, 0.3) is 0 Å². The van der Waals surface area contributed by atoms with Gasteiger partial charge in [-0.3, -0.25) is 9.10 Å². The minimum Gasteiger partial charge on any atom is -0.493 e. The first kappa shape index (κ1) is 31.3. The molecule has 0 atom stereocenters. The van der Waals surface area contributed by atoms with Gasteiger partial charge < -0.3 is 14.8 Å². The normalized spacial score (nSPS) is 11.5. The van der Waals surface area contributed by atoms with E-state index in [1.54, 1.807) is 44.2 Å². The van der Waals surface area contributed by atoms with Gasteiger partial charge in [0.25, 0.3) is 20.0 Å². The molecule has 226 valence electrons. The molecule has 0 aliphatic rings. The van der Waals surface area contributed by atoms with Crippen molar-refractivity contribution in [2.24, 2.45) is 0 Å². The van der Waals surface area contributed by atoms with Gasteiger partial charge in [0.05, 0.1) is 29.7 Å².